The van der Waals surface area contributed by atoms with Crippen molar-refractivity contribution in [2.75, 3.05) is 0 Å². The largest absolute Gasteiger partial charge is 0.349 e. The van der Waals surface area contributed by atoms with E-state index in [1.54, 1.807) is 11.8 Å². The van der Waals surface area contributed by atoms with Gasteiger partial charge in [0, 0.05) is 10.6 Å². The van der Waals surface area contributed by atoms with Crippen molar-refractivity contribution in [1.29, 1.82) is 0 Å². The van der Waals surface area contributed by atoms with Gasteiger partial charge in [-0.1, -0.05) is 18.2 Å². The molecule has 1 aromatic carbocycles. The molecule has 0 saturated heterocycles. The second-order valence-corrected chi connectivity index (χ2v) is 6.86. The lowest BCUT2D eigenvalue weighted by molar-refractivity contribution is -0.120. The summed E-state index contributed by atoms with van der Waals surface area (Å²) < 4.78 is 0. The Hall–Kier alpha value is -1.75. The molecule has 2 heterocycles. The highest BCUT2D eigenvalue weighted by Crippen LogP contribution is 2.36. The zero-order valence-corrected chi connectivity index (χ0v) is 12.5. The third kappa shape index (κ3) is 2.35. The molecule has 1 aliphatic heterocycles. The molecule has 1 aromatic heterocycles. The SMILES string of the molecule is O=C(NCc1n[nH]c2c1CCC2)[C@H]1Cc2ccccc2S1. The Morgan fingerprint density at radius 3 is 3.19 bits per heavy atom. The van der Waals surface area contributed by atoms with Crippen molar-refractivity contribution >= 4 is 17.7 Å². The number of hydrogen-bond donors (Lipinski definition) is 2. The van der Waals surface area contributed by atoms with E-state index in [1.807, 2.05) is 12.1 Å². The number of H-pyrrole nitrogens is 1. The first-order valence-electron chi connectivity index (χ1n) is 7.38. The third-order valence-corrected chi connectivity index (χ3v) is 5.58. The molecule has 0 fully saturated rings. The predicted molar refractivity (Wildman–Crippen MR) is 82.3 cm³/mol. The lowest BCUT2D eigenvalue weighted by Crippen LogP contribution is -2.32. The molecule has 1 amide bonds. The van der Waals surface area contributed by atoms with E-state index in [2.05, 4.69) is 27.6 Å². The Labute approximate surface area is 127 Å². The Morgan fingerprint density at radius 2 is 2.29 bits per heavy atom. The second kappa shape index (κ2) is 5.22. The molecule has 1 atom stereocenters. The fraction of sp³-hybridized carbons (Fsp3) is 0.375. The van der Waals surface area contributed by atoms with Crippen molar-refractivity contribution in [2.24, 2.45) is 0 Å². The maximum atomic E-state index is 12.3. The highest BCUT2D eigenvalue weighted by Gasteiger charge is 2.28. The maximum Gasteiger partial charge on any atom is 0.234 e. The van der Waals surface area contributed by atoms with Crippen LogP contribution < -0.4 is 5.32 Å². The third-order valence-electron chi connectivity index (χ3n) is 4.26. The van der Waals surface area contributed by atoms with E-state index in [9.17, 15) is 4.79 Å². The van der Waals surface area contributed by atoms with E-state index in [0.29, 0.717) is 6.54 Å². The van der Waals surface area contributed by atoms with E-state index in [4.69, 9.17) is 0 Å². The Morgan fingerprint density at radius 1 is 1.38 bits per heavy atom. The van der Waals surface area contributed by atoms with Gasteiger partial charge in [-0.3, -0.25) is 9.89 Å². The second-order valence-electron chi connectivity index (χ2n) is 5.62. The van der Waals surface area contributed by atoms with Gasteiger partial charge >= 0.3 is 0 Å². The molecule has 1 aliphatic carbocycles. The van der Waals surface area contributed by atoms with Crippen molar-refractivity contribution in [3.63, 3.8) is 0 Å². The smallest absolute Gasteiger partial charge is 0.234 e. The number of rotatable bonds is 3. The quantitative estimate of drug-likeness (QED) is 0.914. The van der Waals surface area contributed by atoms with Crippen LogP contribution in [0.4, 0.5) is 0 Å². The summed E-state index contributed by atoms with van der Waals surface area (Å²) >= 11 is 1.67. The van der Waals surface area contributed by atoms with Crippen molar-refractivity contribution in [3.05, 3.63) is 46.8 Å². The Kier molecular flexibility index (Phi) is 3.22. The molecule has 4 rings (SSSR count). The average molecular weight is 299 g/mol. The lowest BCUT2D eigenvalue weighted by Gasteiger charge is -2.09. The number of thioether (sulfide) groups is 1. The summed E-state index contributed by atoms with van der Waals surface area (Å²) in [7, 11) is 0. The van der Waals surface area contributed by atoms with Crippen LogP contribution in [0, 0.1) is 0 Å². The van der Waals surface area contributed by atoms with Crippen LogP contribution in [0.3, 0.4) is 0 Å². The van der Waals surface area contributed by atoms with Crippen LogP contribution in [0.25, 0.3) is 0 Å². The number of aromatic nitrogens is 2. The average Bonchev–Trinajstić information content (AvgIpc) is 3.19. The summed E-state index contributed by atoms with van der Waals surface area (Å²) in [4.78, 5) is 13.6. The van der Waals surface area contributed by atoms with Gasteiger partial charge < -0.3 is 5.32 Å². The number of carbonyl (C=O) groups excluding carboxylic acids is 1. The van der Waals surface area contributed by atoms with E-state index in [-0.39, 0.29) is 11.2 Å². The molecule has 4 nitrogen and oxygen atoms in total. The highest BCUT2D eigenvalue weighted by molar-refractivity contribution is 8.01. The minimum absolute atomic E-state index is 0.00519. The Balaban J connectivity index is 1.39. The minimum Gasteiger partial charge on any atom is -0.349 e. The molecule has 0 unspecified atom stereocenters. The zero-order valence-electron chi connectivity index (χ0n) is 11.7. The first-order chi connectivity index (χ1) is 10.3. The van der Waals surface area contributed by atoms with Gasteiger partial charge in [0.2, 0.25) is 5.91 Å². The fourth-order valence-electron chi connectivity index (χ4n) is 3.15. The number of nitrogens with zero attached hydrogens (tertiary/aromatic N) is 1. The summed E-state index contributed by atoms with van der Waals surface area (Å²) in [5.74, 6) is 0.117. The zero-order chi connectivity index (χ0) is 14.2. The van der Waals surface area contributed by atoms with E-state index in [1.165, 1.54) is 28.1 Å². The molecule has 2 aliphatic rings. The molecule has 0 bridgehead atoms. The fourth-order valence-corrected chi connectivity index (χ4v) is 4.37. The van der Waals surface area contributed by atoms with Crippen molar-refractivity contribution < 1.29 is 4.79 Å². The number of fused-ring (bicyclic) bond motifs is 2. The van der Waals surface area contributed by atoms with Gasteiger partial charge in [0.05, 0.1) is 17.5 Å². The van der Waals surface area contributed by atoms with Crippen molar-refractivity contribution in [3.8, 4) is 0 Å². The number of hydrogen-bond acceptors (Lipinski definition) is 3. The molecule has 21 heavy (non-hydrogen) atoms. The normalized spacial score (nSPS) is 19.3. The van der Waals surface area contributed by atoms with Crippen LogP contribution in [0.15, 0.2) is 29.2 Å². The standard InChI is InChI=1S/C16H17N3OS/c20-16(15-8-10-4-1-2-7-14(10)21-15)17-9-13-11-5-3-6-12(11)18-19-13/h1-2,4,7,15H,3,5-6,8-9H2,(H,17,20)(H,18,19)/t15-/m1/s1. The van der Waals surface area contributed by atoms with Crippen molar-refractivity contribution in [1.82, 2.24) is 15.5 Å². The molecule has 2 aromatic rings. The van der Waals surface area contributed by atoms with Gasteiger partial charge in [-0.05, 0) is 42.9 Å². The number of aryl methyl sites for hydroxylation is 1. The summed E-state index contributed by atoms with van der Waals surface area (Å²) in [6, 6.07) is 8.26. The van der Waals surface area contributed by atoms with E-state index >= 15 is 0 Å². The van der Waals surface area contributed by atoms with Crippen LogP contribution in [-0.2, 0) is 30.6 Å². The summed E-state index contributed by atoms with van der Waals surface area (Å²) in [5, 5.41) is 10.5. The lowest BCUT2D eigenvalue weighted by atomic mass is 10.1. The number of nitrogens with one attached hydrogen (secondary N) is 2. The van der Waals surface area contributed by atoms with Gasteiger partial charge in [-0.2, -0.15) is 5.10 Å². The first-order valence-corrected chi connectivity index (χ1v) is 8.26. The van der Waals surface area contributed by atoms with Gasteiger partial charge in [0.1, 0.15) is 0 Å². The summed E-state index contributed by atoms with van der Waals surface area (Å²) in [6.07, 6.45) is 4.19. The minimum atomic E-state index is -0.00519. The van der Waals surface area contributed by atoms with Crippen LogP contribution in [-0.4, -0.2) is 21.4 Å². The predicted octanol–water partition coefficient (Wildman–Crippen LogP) is 2.23. The number of carbonyl (C=O) groups is 1. The first kappa shape index (κ1) is 13.0. The molecule has 5 heteroatoms. The molecule has 0 saturated carbocycles. The van der Waals surface area contributed by atoms with Gasteiger partial charge in [-0.15, -0.1) is 11.8 Å². The molecule has 108 valence electrons. The van der Waals surface area contributed by atoms with Gasteiger partial charge in [0.25, 0.3) is 0 Å². The molecule has 0 spiro atoms. The van der Waals surface area contributed by atoms with E-state index in [0.717, 1.165) is 25.0 Å². The van der Waals surface area contributed by atoms with E-state index < -0.39 is 0 Å². The molecular weight excluding hydrogens is 282 g/mol. The van der Waals surface area contributed by atoms with Gasteiger partial charge in [-0.25, -0.2) is 0 Å². The van der Waals surface area contributed by atoms with Crippen LogP contribution >= 0.6 is 11.8 Å². The molecule has 0 radical (unpaired) electrons. The summed E-state index contributed by atoms with van der Waals surface area (Å²) in [5.41, 5.74) is 4.86. The maximum absolute atomic E-state index is 12.3. The van der Waals surface area contributed by atoms with Crippen LogP contribution in [0.2, 0.25) is 0 Å². The monoisotopic (exact) mass is 299 g/mol. The van der Waals surface area contributed by atoms with Crippen molar-refractivity contribution in [2.45, 2.75) is 42.4 Å². The molecule has 2 N–H and O–H groups in total. The topological polar surface area (TPSA) is 57.8 Å². The highest BCUT2D eigenvalue weighted by atomic mass is 32.2. The van der Waals surface area contributed by atoms with Crippen LogP contribution in [0.5, 0.6) is 0 Å². The van der Waals surface area contributed by atoms with Gasteiger partial charge in [0.15, 0.2) is 0 Å². The Bertz CT molecular complexity index is 670. The number of amides is 1. The number of aromatic amines is 1. The van der Waals surface area contributed by atoms with Crippen LogP contribution in [0.1, 0.15) is 28.9 Å². The molecular formula is C16H17N3OS. The number of benzene rings is 1. The summed E-state index contributed by atoms with van der Waals surface area (Å²) in [6.45, 7) is 0.540.